The number of nitrogens with two attached hydrogens (primary N) is 1. The van der Waals surface area contributed by atoms with Crippen molar-refractivity contribution in [1.82, 2.24) is 0 Å². The molecule has 1 rings (SSSR count). The molecule has 3 heteroatoms. The van der Waals surface area contributed by atoms with Crippen molar-refractivity contribution in [3.05, 3.63) is 28.8 Å². The molecule has 0 atom stereocenters. The summed E-state index contributed by atoms with van der Waals surface area (Å²) in [5.74, 6) is 0.862. The van der Waals surface area contributed by atoms with Crippen molar-refractivity contribution in [1.29, 1.82) is 0 Å². The van der Waals surface area contributed by atoms with E-state index in [9.17, 15) is 0 Å². The maximum atomic E-state index is 5.51. The molecule has 0 amide bonds. The summed E-state index contributed by atoms with van der Waals surface area (Å²) in [6.45, 7) is 4.13. The van der Waals surface area contributed by atoms with Crippen LogP contribution in [0.1, 0.15) is 16.7 Å². The quantitative estimate of drug-likeness (QED) is 0.775. The highest BCUT2D eigenvalue weighted by molar-refractivity contribution is 7.80. The first-order chi connectivity index (χ1) is 6.54. The Labute approximate surface area is 90.1 Å². The Morgan fingerprint density at radius 3 is 2.43 bits per heavy atom. The van der Waals surface area contributed by atoms with E-state index >= 15 is 0 Å². The molecule has 0 aromatic heterocycles. The largest absolute Gasteiger partial charge is 0.496 e. The van der Waals surface area contributed by atoms with Gasteiger partial charge in [-0.3, -0.25) is 0 Å². The van der Waals surface area contributed by atoms with Gasteiger partial charge in [0.2, 0.25) is 0 Å². The van der Waals surface area contributed by atoms with Gasteiger partial charge in [-0.15, -0.1) is 0 Å². The molecule has 0 aliphatic rings. The predicted octanol–water partition coefficient (Wildman–Crippen LogP) is 2.14. The normalized spacial score (nSPS) is 9.93. The maximum Gasteiger partial charge on any atom is 0.122 e. The molecule has 0 bridgehead atoms. The highest BCUT2D eigenvalue weighted by atomic mass is 32.1. The summed E-state index contributed by atoms with van der Waals surface area (Å²) in [7, 11) is 1.66. The number of hydrogen-bond donors (Lipinski definition) is 1. The van der Waals surface area contributed by atoms with Crippen molar-refractivity contribution >= 4 is 17.2 Å². The van der Waals surface area contributed by atoms with Gasteiger partial charge in [-0.1, -0.05) is 18.3 Å². The highest BCUT2D eigenvalue weighted by Crippen LogP contribution is 2.23. The van der Waals surface area contributed by atoms with E-state index in [0.29, 0.717) is 11.4 Å². The van der Waals surface area contributed by atoms with Crippen LogP contribution in [0.2, 0.25) is 0 Å². The van der Waals surface area contributed by atoms with Gasteiger partial charge in [0.25, 0.3) is 0 Å². The van der Waals surface area contributed by atoms with Crippen LogP contribution in [-0.2, 0) is 6.42 Å². The molecular weight excluding hydrogens is 194 g/mol. The molecule has 0 radical (unpaired) electrons. The summed E-state index contributed by atoms with van der Waals surface area (Å²) < 4.78 is 5.27. The van der Waals surface area contributed by atoms with Gasteiger partial charge < -0.3 is 10.5 Å². The van der Waals surface area contributed by atoms with Crippen LogP contribution in [0.3, 0.4) is 0 Å². The fourth-order valence-electron chi connectivity index (χ4n) is 1.37. The molecule has 76 valence electrons. The fraction of sp³-hybridized carbons (Fsp3) is 0.364. The first kappa shape index (κ1) is 11.0. The highest BCUT2D eigenvalue weighted by Gasteiger charge is 2.06. The van der Waals surface area contributed by atoms with Crippen LogP contribution >= 0.6 is 12.2 Å². The number of rotatable bonds is 3. The number of benzene rings is 1. The van der Waals surface area contributed by atoms with Gasteiger partial charge in [0.05, 0.1) is 12.1 Å². The molecule has 0 saturated heterocycles. The van der Waals surface area contributed by atoms with Gasteiger partial charge >= 0.3 is 0 Å². The standard InChI is InChI=1S/C11H15NOS/c1-7-4-9(6-11(12)14)10(13-3)5-8(7)2/h4-5H,6H2,1-3H3,(H2,12,14). The zero-order valence-corrected chi connectivity index (χ0v) is 9.57. The average molecular weight is 209 g/mol. The molecule has 0 fully saturated rings. The van der Waals surface area contributed by atoms with E-state index < -0.39 is 0 Å². The third-order valence-corrected chi connectivity index (χ3v) is 2.41. The van der Waals surface area contributed by atoms with E-state index in [2.05, 4.69) is 19.9 Å². The first-order valence-electron chi connectivity index (χ1n) is 4.47. The van der Waals surface area contributed by atoms with E-state index in [1.165, 1.54) is 11.1 Å². The third-order valence-electron chi connectivity index (χ3n) is 2.26. The van der Waals surface area contributed by atoms with E-state index in [4.69, 9.17) is 22.7 Å². The summed E-state index contributed by atoms with van der Waals surface area (Å²) in [6.07, 6.45) is 0.597. The topological polar surface area (TPSA) is 35.2 Å². The first-order valence-corrected chi connectivity index (χ1v) is 4.88. The zero-order chi connectivity index (χ0) is 10.7. The van der Waals surface area contributed by atoms with Crippen molar-refractivity contribution in [2.45, 2.75) is 20.3 Å². The van der Waals surface area contributed by atoms with Crippen LogP contribution in [0.15, 0.2) is 12.1 Å². The monoisotopic (exact) mass is 209 g/mol. The molecule has 0 saturated carbocycles. The molecule has 0 aliphatic carbocycles. The predicted molar refractivity (Wildman–Crippen MR) is 63.0 cm³/mol. The smallest absolute Gasteiger partial charge is 0.122 e. The van der Waals surface area contributed by atoms with Gasteiger partial charge in [0, 0.05) is 12.0 Å². The summed E-state index contributed by atoms with van der Waals surface area (Å²) in [5, 5.41) is 0. The molecule has 14 heavy (non-hydrogen) atoms. The molecular formula is C11H15NOS. The van der Waals surface area contributed by atoms with Crippen molar-refractivity contribution in [3.8, 4) is 5.75 Å². The van der Waals surface area contributed by atoms with Crippen LogP contribution in [0.25, 0.3) is 0 Å². The van der Waals surface area contributed by atoms with Gasteiger partial charge in [-0.2, -0.15) is 0 Å². The Morgan fingerprint density at radius 2 is 1.93 bits per heavy atom. The number of thiocarbonyl (C=S) groups is 1. The lowest BCUT2D eigenvalue weighted by Crippen LogP contribution is -2.12. The minimum atomic E-state index is 0.492. The Balaban J connectivity index is 3.13. The number of methoxy groups -OCH3 is 1. The van der Waals surface area contributed by atoms with E-state index in [1.54, 1.807) is 7.11 Å². The lowest BCUT2D eigenvalue weighted by atomic mass is 10.0. The SMILES string of the molecule is COc1cc(C)c(C)cc1CC(N)=S. The minimum Gasteiger partial charge on any atom is -0.496 e. The second-order valence-corrected chi connectivity index (χ2v) is 3.92. The molecule has 2 nitrogen and oxygen atoms in total. The lowest BCUT2D eigenvalue weighted by molar-refractivity contribution is 0.410. The second kappa shape index (κ2) is 4.42. The molecule has 0 unspecified atom stereocenters. The van der Waals surface area contributed by atoms with E-state index in [0.717, 1.165) is 11.3 Å². The van der Waals surface area contributed by atoms with Gasteiger partial charge in [0.15, 0.2) is 0 Å². The van der Waals surface area contributed by atoms with Gasteiger partial charge in [-0.05, 0) is 31.0 Å². The molecule has 0 spiro atoms. The number of aryl methyl sites for hydroxylation is 2. The van der Waals surface area contributed by atoms with E-state index in [-0.39, 0.29) is 0 Å². The Hall–Kier alpha value is -1.09. The van der Waals surface area contributed by atoms with Crippen molar-refractivity contribution in [3.63, 3.8) is 0 Å². The summed E-state index contributed by atoms with van der Waals surface area (Å²) in [5.41, 5.74) is 9.02. The fourth-order valence-corrected chi connectivity index (χ4v) is 1.52. The summed E-state index contributed by atoms with van der Waals surface area (Å²) in [6, 6.07) is 4.09. The van der Waals surface area contributed by atoms with Crippen LogP contribution < -0.4 is 10.5 Å². The molecule has 0 heterocycles. The number of ether oxygens (including phenoxy) is 1. The Kier molecular flexibility index (Phi) is 3.47. The zero-order valence-electron chi connectivity index (χ0n) is 8.76. The van der Waals surface area contributed by atoms with Crippen molar-refractivity contribution in [2.75, 3.05) is 7.11 Å². The van der Waals surface area contributed by atoms with Crippen LogP contribution in [0, 0.1) is 13.8 Å². The number of hydrogen-bond acceptors (Lipinski definition) is 2. The van der Waals surface area contributed by atoms with Crippen molar-refractivity contribution in [2.24, 2.45) is 5.73 Å². The summed E-state index contributed by atoms with van der Waals surface area (Å²) in [4.78, 5) is 0.492. The lowest BCUT2D eigenvalue weighted by Gasteiger charge is -2.10. The van der Waals surface area contributed by atoms with Gasteiger partial charge in [-0.25, -0.2) is 0 Å². The molecule has 2 N–H and O–H groups in total. The van der Waals surface area contributed by atoms with E-state index in [1.807, 2.05) is 6.07 Å². The minimum absolute atomic E-state index is 0.492. The van der Waals surface area contributed by atoms with Crippen LogP contribution in [0.4, 0.5) is 0 Å². The Bertz CT molecular complexity index is 361. The molecule has 1 aromatic rings. The second-order valence-electron chi connectivity index (χ2n) is 3.39. The molecule has 1 aromatic carbocycles. The average Bonchev–Trinajstić information content (AvgIpc) is 2.10. The molecule has 0 aliphatic heterocycles. The van der Waals surface area contributed by atoms with Crippen LogP contribution in [0.5, 0.6) is 5.75 Å². The van der Waals surface area contributed by atoms with Gasteiger partial charge in [0.1, 0.15) is 5.75 Å². The maximum absolute atomic E-state index is 5.51. The summed E-state index contributed by atoms with van der Waals surface area (Å²) >= 11 is 4.88. The third kappa shape index (κ3) is 2.45. The van der Waals surface area contributed by atoms with Crippen molar-refractivity contribution < 1.29 is 4.74 Å². The Morgan fingerprint density at radius 1 is 1.36 bits per heavy atom. The van der Waals surface area contributed by atoms with Crippen LogP contribution in [-0.4, -0.2) is 12.1 Å².